The molecule has 0 aromatic rings. The molecule has 322 valence electrons. The summed E-state index contributed by atoms with van der Waals surface area (Å²) in [5.74, 6) is -0.994. The molecule has 0 saturated heterocycles. The summed E-state index contributed by atoms with van der Waals surface area (Å²) in [4.78, 5) is 34.9. The van der Waals surface area contributed by atoms with Crippen molar-refractivity contribution < 1.29 is 47.8 Å². The summed E-state index contributed by atoms with van der Waals surface area (Å²) in [5.41, 5.74) is 0. The first-order valence-electron chi connectivity index (χ1n) is 21.9. The molecule has 11 heteroatoms. The molecule has 0 fully saturated rings. The van der Waals surface area contributed by atoms with Gasteiger partial charge in [0.15, 0.2) is 6.10 Å². The van der Waals surface area contributed by atoms with Crippen LogP contribution < -0.4 is 0 Å². The van der Waals surface area contributed by atoms with Crippen molar-refractivity contribution in [1.29, 1.82) is 0 Å². The van der Waals surface area contributed by atoms with Crippen molar-refractivity contribution in [1.82, 2.24) is 0 Å². The Bertz CT molecular complexity index is 1010. The van der Waals surface area contributed by atoms with Gasteiger partial charge in [0.2, 0.25) is 0 Å². The van der Waals surface area contributed by atoms with E-state index in [-0.39, 0.29) is 19.4 Å². The van der Waals surface area contributed by atoms with E-state index in [0.29, 0.717) is 12.8 Å². The van der Waals surface area contributed by atoms with E-state index in [0.717, 1.165) is 44.9 Å². The van der Waals surface area contributed by atoms with Crippen LogP contribution in [0.3, 0.4) is 0 Å². The van der Waals surface area contributed by atoms with Crippen molar-refractivity contribution in [2.24, 2.45) is 0 Å². The highest BCUT2D eigenvalue weighted by Crippen LogP contribution is 2.43. The zero-order valence-electron chi connectivity index (χ0n) is 34.9. The van der Waals surface area contributed by atoms with Gasteiger partial charge < -0.3 is 24.6 Å². The highest BCUT2D eigenvalue weighted by molar-refractivity contribution is 7.47. The van der Waals surface area contributed by atoms with E-state index in [2.05, 4.69) is 54.8 Å². The number of hydrogen-bond acceptors (Lipinski definition) is 9. The molecule has 10 nitrogen and oxygen atoms in total. The largest absolute Gasteiger partial charge is 0.472 e. The maximum absolute atomic E-state index is 12.6. The Morgan fingerprint density at radius 2 is 0.964 bits per heavy atom. The van der Waals surface area contributed by atoms with Crippen molar-refractivity contribution in [2.75, 3.05) is 26.4 Å². The molecule has 0 aromatic heterocycles. The molecule has 0 aliphatic heterocycles. The molecule has 55 heavy (non-hydrogen) atoms. The van der Waals surface area contributed by atoms with Crippen LogP contribution in [-0.4, -0.2) is 65.7 Å². The summed E-state index contributed by atoms with van der Waals surface area (Å²) in [6, 6.07) is 0. The van der Waals surface area contributed by atoms with Crippen molar-refractivity contribution >= 4 is 19.8 Å². The molecule has 0 spiro atoms. The molecule has 0 saturated carbocycles. The maximum Gasteiger partial charge on any atom is 0.472 e. The lowest BCUT2D eigenvalue weighted by atomic mass is 10.1. The van der Waals surface area contributed by atoms with E-state index in [1.54, 1.807) is 0 Å². The van der Waals surface area contributed by atoms with Crippen LogP contribution >= 0.6 is 7.82 Å². The molecule has 0 aliphatic rings. The van der Waals surface area contributed by atoms with Gasteiger partial charge in [-0.1, -0.05) is 153 Å². The summed E-state index contributed by atoms with van der Waals surface area (Å²) in [7, 11) is -4.63. The Morgan fingerprint density at radius 1 is 0.545 bits per heavy atom. The molecule has 1 unspecified atom stereocenters. The Kier molecular flexibility index (Phi) is 39.1. The number of carbonyl (C=O) groups excluding carboxylic acids is 2. The van der Waals surface area contributed by atoms with Gasteiger partial charge in [0.25, 0.3) is 0 Å². The second-order valence-corrected chi connectivity index (χ2v) is 16.2. The van der Waals surface area contributed by atoms with Gasteiger partial charge in [-0.05, 0) is 64.2 Å². The van der Waals surface area contributed by atoms with Gasteiger partial charge in [-0.3, -0.25) is 18.6 Å². The predicted molar refractivity (Wildman–Crippen MR) is 224 cm³/mol. The van der Waals surface area contributed by atoms with E-state index in [9.17, 15) is 24.2 Å². The van der Waals surface area contributed by atoms with Crippen LogP contribution in [0.1, 0.15) is 194 Å². The van der Waals surface area contributed by atoms with Crippen molar-refractivity contribution in [3.05, 3.63) is 36.5 Å². The van der Waals surface area contributed by atoms with Crippen LogP contribution in [0.25, 0.3) is 0 Å². The fourth-order valence-electron chi connectivity index (χ4n) is 5.85. The minimum atomic E-state index is -4.63. The van der Waals surface area contributed by atoms with Crippen LogP contribution in [0.4, 0.5) is 0 Å². The number of allylic oxidation sites excluding steroid dienone is 6. The zero-order chi connectivity index (χ0) is 40.5. The molecule has 0 aromatic carbocycles. The summed E-state index contributed by atoms with van der Waals surface area (Å²) in [5, 5.41) is 18.3. The topological polar surface area (TPSA) is 149 Å². The van der Waals surface area contributed by atoms with E-state index in [4.69, 9.17) is 19.1 Å². The second-order valence-electron chi connectivity index (χ2n) is 14.7. The second kappa shape index (κ2) is 40.4. The van der Waals surface area contributed by atoms with Crippen LogP contribution in [0.5, 0.6) is 0 Å². The summed E-state index contributed by atoms with van der Waals surface area (Å²) in [6.07, 6.45) is 41.2. The SMILES string of the molecule is CCCCCCCCCC/C=C/CCCCCC(=O)O[C@H](COC(=O)CCC/C=C/C/C=C/CCCCCCCCCCC)COP(=O)(O)OC[C@@H](O)CO. The minimum absolute atomic E-state index is 0.156. The lowest BCUT2D eigenvalue weighted by Crippen LogP contribution is -2.29. The zero-order valence-corrected chi connectivity index (χ0v) is 35.8. The Balaban J connectivity index is 4.37. The first-order chi connectivity index (χ1) is 26.7. The average molecular weight is 801 g/mol. The fraction of sp³-hybridized carbons (Fsp3) is 0.818. The molecule has 0 heterocycles. The number of phosphoric ester groups is 1. The van der Waals surface area contributed by atoms with Crippen LogP contribution in [0, 0.1) is 0 Å². The normalized spacial score (nSPS) is 14.2. The average Bonchev–Trinajstić information content (AvgIpc) is 3.17. The number of rotatable bonds is 41. The lowest BCUT2D eigenvalue weighted by Gasteiger charge is -2.20. The van der Waals surface area contributed by atoms with Gasteiger partial charge >= 0.3 is 19.8 Å². The standard InChI is InChI=1S/C44H81O10P/c1-3-5-7-9-11-13-15-17-19-20-22-23-25-27-29-31-33-35-43(47)51-39-42(40-53-55(49,50)52-38-41(46)37-45)54-44(48)36-34-32-30-28-26-24-21-18-16-14-12-10-8-6-4-2/h22-24,26-27,29,41-42,45-46H,3-21,25,28,30-40H2,1-2H3,(H,49,50)/b23-22+,26-24+,29-27+/t41-,42+/m0/s1. The van der Waals surface area contributed by atoms with Crippen molar-refractivity contribution in [3.63, 3.8) is 0 Å². The molecule has 3 N–H and O–H groups in total. The van der Waals surface area contributed by atoms with Crippen LogP contribution in [0.2, 0.25) is 0 Å². The summed E-state index contributed by atoms with van der Waals surface area (Å²) >= 11 is 0. The van der Waals surface area contributed by atoms with E-state index >= 15 is 0 Å². The fourth-order valence-corrected chi connectivity index (χ4v) is 6.64. The maximum atomic E-state index is 12.6. The number of ether oxygens (including phenoxy) is 2. The monoisotopic (exact) mass is 801 g/mol. The number of unbranched alkanes of at least 4 members (excludes halogenated alkanes) is 21. The van der Waals surface area contributed by atoms with Crippen molar-refractivity contribution in [3.8, 4) is 0 Å². The van der Waals surface area contributed by atoms with Gasteiger partial charge in [0.05, 0.1) is 19.8 Å². The number of carbonyl (C=O) groups is 2. The third-order valence-corrected chi connectivity index (χ3v) is 10.2. The van der Waals surface area contributed by atoms with Gasteiger partial charge in [-0.15, -0.1) is 0 Å². The molecule has 3 atom stereocenters. The van der Waals surface area contributed by atoms with Gasteiger partial charge in [0, 0.05) is 12.8 Å². The highest BCUT2D eigenvalue weighted by atomic mass is 31.2. The van der Waals surface area contributed by atoms with Gasteiger partial charge in [0.1, 0.15) is 12.7 Å². The quantitative estimate of drug-likeness (QED) is 0.0236. The minimum Gasteiger partial charge on any atom is -0.462 e. The molecular weight excluding hydrogens is 719 g/mol. The molecule has 0 rings (SSSR count). The Hall–Kier alpha value is -1.81. The number of phosphoric acid groups is 1. The van der Waals surface area contributed by atoms with Gasteiger partial charge in [-0.25, -0.2) is 4.57 Å². The van der Waals surface area contributed by atoms with Crippen LogP contribution in [0.15, 0.2) is 36.5 Å². The summed E-state index contributed by atoms with van der Waals surface area (Å²) in [6.45, 7) is 2.32. The first-order valence-corrected chi connectivity index (χ1v) is 23.4. The molecule has 0 aliphatic carbocycles. The van der Waals surface area contributed by atoms with Gasteiger partial charge in [-0.2, -0.15) is 0 Å². The van der Waals surface area contributed by atoms with Crippen LogP contribution in [-0.2, 0) is 32.7 Å². The van der Waals surface area contributed by atoms with E-state index < -0.39 is 51.8 Å². The number of hydrogen-bond donors (Lipinski definition) is 3. The molecule has 0 radical (unpaired) electrons. The molecule has 0 amide bonds. The third kappa shape index (κ3) is 40.2. The predicted octanol–water partition coefficient (Wildman–Crippen LogP) is 11.6. The third-order valence-electron chi connectivity index (χ3n) is 9.27. The Labute approximate surface area is 335 Å². The number of aliphatic hydroxyl groups excluding tert-OH is 2. The highest BCUT2D eigenvalue weighted by Gasteiger charge is 2.27. The molecular formula is C44H81O10P. The summed E-state index contributed by atoms with van der Waals surface area (Å²) < 4.78 is 32.6. The molecule has 0 bridgehead atoms. The lowest BCUT2D eigenvalue weighted by molar-refractivity contribution is -0.161. The van der Waals surface area contributed by atoms with Crippen molar-refractivity contribution in [2.45, 2.75) is 206 Å². The Morgan fingerprint density at radius 3 is 1.47 bits per heavy atom. The smallest absolute Gasteiger partial charge is 0.462 e. The van der Waals surface area contributed by atoms with E-state index in [1.807, 2.05) is 0 Å². The number of esters is 2. The first kappa shape index (κ1) is 53.2. The van der Waals surface area contributed by atoms with E-state index in [1.165, 1.54) is 109 Å². The number of aliphatic hydroxyl groups is 2.